The van der Waals surface area contributed by atoms with Gasteiger partial charge in [0.25, 0.3) is 0 Å². The molecule has 1 fully saturated rings. The zero-order valence-electron chi connectivity index (χ0n) is 14.7. The van der Waals surface area contributed by atoms with Crippen LogP contribution in [0.1, 0.15) is 23.4 Å². The molecule has 3 rings (SSSR count). The molecule has 0 unspecified atom stereocenters. The molecule has 2 heterocycles. The van der Waals surface area contributed by atoms with Crippen molar-refractivity contribution in [1.82, 2.24) is 20.0 Å². The van der Waals surface area contributed by atoms with E-state index in [9.17, 15) is 9.59 Å². The number of hydrogen-bond acceptors (Lipinski definition) is 3. The van der Waals surface area contributed by atoms with Gasteiger partial charge in [-0.05, 0) is 25.5 Å². The Morgan fingerprint density at radius 3 is 2.72 bits per heavy atom. The van der Waals surface area contributed by atoms with Gasteiger partial charge in [0.05, 0.1) is 18.2 Å². The Labute approximate surface area is 147 Å². The van der Waals surface area contributed by atoms with Crippen LogP contribution in [-0.4, -0.2) is 39.6 Å². The van der Waals surface area contributed by atoms with E-state index in [1.54, 1.807) is 4.90 Å². The van der Waals surface area contributed by atoms with Gasteiger partial charge < -0.3 is 10.2 Å². The molecular weight excluding hydrogens is 316 g/mol. The van der Waals surface area contributed by atoms with Gasteiger partial charge in [-0.25, -0.2) is 0 Å². The zero-order valence-corrected chi connectivity index (χ0v) is 14.7. The van der Waals surface area contributed by atoms with E-state index in [2.05, 4.69) is 10.4 Å². The van der Waals surface area contributed by atoms with Gasteiger partial charge in [0.1, 0.15) is 0 Å². The molecule has 2 amide bonds. The lowest BCUT2D eigenvalue weighted by molar-refractivity contribution is -0.129. The van der Waals surface area contributed by atoms with Gasteiger partial charge in [-0.3, -0.25) is 14.3 Å². The van der Waals surface area contributed by atoms with Crippen molar-refractivity contribution < 1.29 is 9.59 Å². The second kappa shape index (κ2) is 7.51. The van der Waals surface area contributed by atoms with Crippen molar-refractivity contribution in [3.63, 3.8) is 0 Å². The van der Waals surface area contributed by atoms with Crippen molar-refractivity contribution in [2.24, 2.45) is 5.92 Å². The second-order valence-electron chi connectivity index (χ2n) is 6.60. The van der Waals surface area contributed by atoms with E-state index < -0.39 is 0 Å². The SMILES string of the molecule is Cc1cc(C)n(CCNC(=O)[C@H]2CC(=O)N(Cc3ccccc3)C2)n1. The first-order valence-corrected chi connectivity index (χ1v) is 8.63. The fourth-order valence-corrected chi connectivity index (χ4v) is 3.24. The Kier molecular flexibility index (Phi) is 5.16. The summed E-state index contributed by atoms with van der Waals surface area (Å²) in [5, 5.41) is 7.31. The number of amides is 2. The molecule has 1 aliphatic rings. The maximum absolute atomic E-state index is 12.3. The molecule has 1 aromatic heterocycles. The number of aromatic nitrogens is 2. The molecule has 0 saturated carbocycles. The molecule has 25 heavy (non-hydrogen) atoms. The van der Waals surface area contributed by atoms with E-state index in [-0.39, 0.29) is 17.7 Å². The smallest absolute Gasteiger partial charge is 0.225 e. The van der Waals surface area contributed by atoms with E-state index in [1.165, 1.54) is 0 Å². The van der Waals surface area contributed by atoms with Crippen LogP contribution in [0.25, 0.3) is 0 Å². The molecule has 1 atom stereocenters. The number of rotatable bonds is 6. The molecule has 1 saturated heterocycles. The Balaban J connectivity index is 1.48. The molecule has 132 valence electrons. The van der Waals surface area contributed by atoms with Gasteiger partial charge >= 0.3 is 0 Å². The highest BCUT2D eigenvalue weighted by Crippen LogP contribution is 2.20. The van der Waals surface area contributed by atoms with Gasteiger partial charge in [0, 0.05) is 31.7 Å². The maximum atomic E-state index is 12.3. The predicted molar refractivity (Wildman–Crippen MR) is 94.7 cm³/mol. The minimum Gasteiger partial charge on any atom is -0.354 e. The quantitative estimate of drug-likeness (QED) is 0.870. The van der Waals surface area contributed by atoms with Crippen molar-refractivity contribution in [2.75, 3.05) is 13.1 Å². The topological polar surface area (TPSA) is 67.2 Å². The van der Waals surface area contributed by atoms with Crippen LogP contribution in [0, 0.1) is 19.8 Å². The summed E-state index contributed by atoms with van der Waals surface area (Å²) in [6.45, 7) is 6.16. The number of hydrogen-bond donors (Lipinski definition) is 1. The molecule has 2 aromatic rings. The van der Waals surface area contributed by atoms with E-state index in [4.69, 9.17) is 0 Å². The summed E-state index contributed by atoms with van der Waals surface area (Å²) in [5.74, 6) is -0.273. The van der Waals surface area contributed by atoms with E-state index >= 15 is 0 Å². The molecule has 6 heteroatoms. The number of nitrogens with zero attached hydrogens (tertiary/aromatic N) is 3. The van der Waals surface area contributed by atoms with Gasteiger partial charge in [-0.15, -0.1) is 0 Å². The fraction of sp³-hybridized carbons (Fsp3) is 0.421. The Morgan fingerprint density at radius 1 is 1.28 bits per heavy atom. The van der Waals surface area contributed by atoms with E-state index in [1.807, 2.05) is 54.9 Å². The van der Waals surface area contributed by atoms with Crippen LogP contribution in [0.2, 0.25) is 0 Å². The zero-order chi connectivity index (χ0) is 17.8. The molecule has 0 bridgehead atoms. The molecule has 1 aliphatic heterocycles. The Bertz CT molecular complexity index is 754. The van der Waals surface area contributed by atoms with Crippen molar-refractivity contribution in [2.45, 2.75) is 33.4 Å². The normalized spacial score (nSPS) is 17.1. The summed E-state index contributed by atoms with van der Waals surface area (Å²) in [6.07, 6.45) is 0.290. The minimum atomic E-state index is -0.267. The molecule has 0 radical (unpaired) electrons. The first-order chi connectivity index (χ1) is 12.0. The number of likely N-dealkylation sites (tertiary alicyclic amines) is 1. The third kappa shape index (κ3) is 4.26. The predicted octanol–water partition coefficient (Wildman–Crippen LogP) is 1.66. The lowest BCUT2D eigenvalue weighted by Crippen LogP contribution is -2.35. The van der Waals surface area contributed by atoms with Crippen LogP contribution in [0.15, 0.2) is 36.4 Å². The van der Waals surface area contributed by atoms with Gasteiger partial charge in [-0.1, -0.05) is 30.3 Å². The Morgan fingerprint density at radius 2 is 2.04 bits per heavy atom. The van der Waals surface area contributed by atoms with Crippen molar-refractivity contribution in [1.29, 1.82) is 0 Å². The molecule has 0 spiro atoms. The number of nitrogens with one attached hydrogen (secondary N) is 1. The average Bonchev–Trinajstić information content (AvgIpc) is 3.11. The van der Waals surface area contributed by atoms with Crippen molar-refractivity contribution in [3.05, 3.63) is 53.3 Å². The maximum Gasteiger partial charge on any atom is 0.225 e. The van der Waals surface area contributed by atoms with Crippen LogP contribution >= 0.6 is 0 Å². The van der Waals surface area contributed by atoms with Gasteiger partial charge in [-0.2, -0.15) is 5.10 Å². The first-order valence-electron chi connectivity index (χ1n) is 8.63. The Hall–Kier alpha value is -2.63. The van der Waals surface area contributed by atoms with Crippen molar-refractivity contribution in [3.8, 4) is 0 Å². The third-order valence-corrected chi connectivity index (χ3v) is 4.53. The lowest BCUT2D eigenvalue weighted by Gasteiger charge is -2.16. The van der Waals surface area contributed by atoms with Crippen LogP contribution < -0.4 is 5.32 Å². The summed E-state index contributed by atoms with van der Waals surface area (Å²) in [5.41, 5.74) is 3.14. The summed E-state index contributed by atoms with van der Waals surface area (Å²) in [6, 6.07) is 11.9. The van der Waals surface area contributed by atoms with Crippen LogP contribution in [0.4, 0.5) is 0 Å². The van der Waals surface area contributed by atoms with Crippen LogP contribution in [-0.2, 0) is 22.7 Å². The molecule has 1 N–H and O–H groups in total. The van der Waals surface area contributed by atoms with Gasteiger partial charge in [0.15, 0.2) is 0 Å². The number of benzene rings is 1. The second-order valence-corrected chi connectivity index (χ2v) is 6.60. The first kappa shape index (κ1) is 17.2. The van der Waals surface area contributed by atoms with Crippen LogP contribution in [0.5, 0.6) is 0 Å². The summed E-state index contributed by atoms with van der Waals surface area (Å²) in [7, 11) is 0. The highest BCUT2D eigenvalue weighted by Gasteiger charge is 2.33. The number of carbonyl (C=O) groups excluding carboxylic acids is 2. The lowest BCUT2D eigenvalue weighted by atomic mass is 10.1. The largest absolute Gasteiger partial charge is 0.354 e. The van der Waals surface area contributed by atoms with E-state index in [0.717, 1.165) is 17.0 Å². The molecular formula is C19H24N4O2. The highest BCUT2D eigenvalue weighted by atomic mass is 16.2. The fourth-order valence-electron chi connectivity index (χ4n) is 3.24. The van der Waals surface area contributed by atoms with Crippen molar-refractivity contribution >= 4 is 11.8 Å². The van der Waals surface area contributed by atoms with Gasteiger partial charge in [0.2, 0.25) is 11.8 Å². The molecule has 6 nitrogen and oxygen atoms in total. The molecule has 1 aromatic carbocycles. The minimum absolute atomic E-state index is 0.0440. The summed E-state index contributed by atoms with van der Waals surface area (Å²) < 4.78 is 1.89. The number of carbonyl (C=O) groups is 2. The van der Waals surface area contributed by atoms with E-state index in [0.29, 0.717) is 32.6 Å². The standard InChI is InChI=1S/C19H24N4O2/c1-14-10-15(2)23(21-14)9-8-20-19(25)17-11-18(24)22(13-17)12-16-6-4-3-5-7-16/h3-7,10,17H,8-9,11-13H2,1-2H3,(H,20,25)/t17-/m0/s1. The summed E-state index contributed by atoms with van der Waals surface area (Å²) >= 11 is 0. The molecule has 0 aliphatic carbocycles. The average molecular weight is 340 g/mol. The van der Waals surface area contributed by atoms with Crippen LogP contribution in [0.3, 0.4) is 0 Å². The number of aryl methyl sites for hydroxylation is 2. The third-order valence-electron chi connectivity index (χ3n) is 4.53. The summed E-state index contributed by atoms with van der Waals surface area (Å²) in [4.78, 5) is 26.3. The highest BCUT2D eigenvalue weighted by molar-refractivity contribution is 5.89. The monoisotopic (exact) mass is 340 g/mol.